The molecule has 0 spiro atoms. The Labute approximate surface area is 109 Å². The summed E-state index contributed by atoms with van der Waals surface area (Å²) in [6.07, 6.45) is 2.68. The maximum atomic E-state index is 10.4. The Morgan fingerprint density at radius 1 is 1.44 bits per heavy atom. The highest BCUT2D eigenvalue weighted by molar-refractivity contribution is 5.35. The van der Waals surface area contributed by atoms with Gasteiger partial charge in [0.1, 0.15) is 5.75 Å². The van der Waals surface area contributed by atoms with E-state index in [4.69, 9.17) is 4.74 Å². The highest BCUT2D eigenvalue weighted by Crippen LogP contribution is 2.29. The summed E-state index contributed by atoms with van der Waals surface area (Å²) in [4.78, 5) is 0. The van der Waals surface area contributed by atoms with Crippen LogP contribution >= 0.6 is 0 Å². The first-order chi connectivity index (χ1) is 8.70. The Morgan fingerprint density at radius 2 is 2.22 bits per heavy atom. The first-order valence-corrected chi connectivity index (χ1v) is 6.75. The monoisotopic (exact) mass is 249 g/mol. The molecule has 2 N–H and O–H groups in total. The lowest BCUT2D eigenvalue weighted by Gasteiger charge is -2.30. The number of methoxy groups -OCH3 is 1. The largest absolute Gasteiger partial charge is 0.496 e. The second-order valence-electron chi connectivity index (χ2n) is 5.27. The zero-order chi connectivity index (χ0) is 13.0. The Morgan fingerprint density at radius 3 is 2.94 bits per heavy atom. The van der Waals surface area contributed by atoms with Gasteiger partial charge in [-0.2, -0.15) is 0 Å². The van der Waals surface area contributed by atoms with Gasteiger partial charge >= 0.3 is 0 Å². The second kappa shape index (κ2) is 6.21. The van der Waals surface area contributed by atoms with Crippen LogP contribution in [-0.4, -0.2) is 24.8 Å². The van der Waals surface area contributed by atoms with Crippen LogP contribution in [-0.2, 0) is 0 Å². The molecule has 2 rings (SSSR count). The second-order valence-corrected chi connectivity index (χ2v) is 5.27. The Kier molecular flexibility index (Phi) is 4.61. The van der Waals surface area contributed by atoms with Crippen molar-refractivity contribution in [3.63, 3.8) is 0 Å². The van der Waals surface area contributed by atoms with Crippen LogP contribution in [0.15, 0.2) is 24.3 Å². The number of piperidine rings is 1. The predicted molar refractivity (Wildman–Crippen MR) is 72.8 cm³/mol. The summed E-state index contributed by atoms with van der Waals surface area (Å²) in [5, 5.41) is 13.8. The molecule has 1 aromatic carbocycles. The van der Waals surface area contributed by atoms with Crippen molar-refractivity contribution in [2.45, 2.75) is 38.3 Å². The number of benzene rings is 1. The fourth-order valence-electron chi connectivity index (χ4n) is 2.74. The maximum absolute atomic E-state index is 10.4. The van der Waals surface area contributed by atoms with E-state index >= 15 is 0 Å². The Balaban J connectivity index is 2.00. The molecule has 0 bridgehead atoms. The van der Waals surface area contributed by atoms with Gasteiger partial charge in [-0.1, -0.05) is 25.1 Å². The van der Waals surface area contributed by atoms with Gasteiger partial charge in [0.05, 0.1) is 13.2 Å². The molecule has 0 amide bonds. The van der Waals surface area contributed by atoms with Crippen molar-refractivity contribution < 1.29 is 9.84 Å². The molecular weight excluding hydrogens is 226 g/mol. The molecule has 3 nitrogen and oxygen atoms in total. The summed E-state index contributed by atoms with van der Waals surface area (Å²) in [5.74, 6) is 1.52. The SMILES string of the molecule is COc1ccccc1C(O)CC1CC(C)CCN1. The molecule has 1 fully saturated rings. The van der Waals surface area contributed by atoms with Crippen molar-refractivity contribution in [3.8, 4) is 5.75 Å². The lowest BCUT2D eigenvalue weighted by Crippen LogP contribution is -2.38. The topological polar surface area (TPSA) is 41.5 Å². The molecule has 0 aromatic heterocycles. The number of hydrogen-bond acceptors (Lipinski definition) is 3. The van der Waals surface area contributed by atoms with E-state index in [0.29, 0.717) is 6.04 Å². The minimum Gasteiger partial charge on any atom is -0.496 e. The van der Waals surface area contributed by atoms with E-state index in [1.54, 1.807) is 7.11 Å². The van der Waals surface area contributed by atoms with Crippen LogP contribution in [0, 0.1) is 5.92 Å². The summed E-state index contributed by atoms with van der Waals surface area (Å²) in [7, 11) is 1.65. The minimum atomic E-state index is -0.455. The van der Waals surface area contributed by atoms with Gasteiger partial charge in [0.15, 0.2) is 0 Å². The Hall–Kier alpha value is -1.06. The molecular formula is C15H23NO2. The summed E-state index contributed by atoms with van der Waals surface area (Å²) >= 11 is 0. The normalized spacial score (nSPS) is 25.7. The van der Waals surface area contributed by atoms with Crippen molar-refractivity contribution >= 4 is 0 Å². The number of rotatable bonds is 4. The first-order valence-electron chi connectivity index (χ1n) is 6.75. The smallest absolute Gasteiger partial charge is 0.124 e. The molecule has 18 heavy (non-hydrogen) atoms. The molecule has 1 aliphatic rings. The molecule has 0 radical (unpaired) electrons. The molecule has 1 saturated heterocycles. The van der Waals surface area contributed by atoms with Crippen molar-refractivity contribution in [1.29, 1.82) is 0 Å². The lowest BCUT2D eigenvalue weighted by molar-refractivity contribution is 0.135. The van der Waals surface area contributed by atoms with Crippen LogP contribution in [0.5, 0.6) is 5.75 Å². The van der Waals surface area contributed by atoms with E-state index in [0.717, 1.165) is 36.6 Å². The van der Waals surface area contributed by atoms with Crippen LogP contribution in [0.4, 0.5) is 0 Å². The number of nitrogens with one attached hydrogen (secondary N) is 1. The minimum absolute atomic E-state index is 0.411. The lowest BCUT2D eigenvalue weighted by atomic mass is 9.89. The number of aliphatic hydroxyl groups excluding tert-OH is 1. The fourth-order valence-corrected chi connectivity index (χ4v) is 2.74. The third-order valence-electron chi connectivity index (χ3n) is 3.76. The van der Waals surface area contributed by atoms with Gasteiger partial charge in [-0.3, -0.25) is 0 Å². The molecule has 1 aliphatic heterocycles. The third-order valence-corrected chi connectivity index (χ3v) is 3.76. The number of hydrogen-bond donors (Lipinski definition) is 2. The van der Waals surface area contributed by atoms with Crippen LogP contribution in [0.3, 0.4) is 0 Å². The van der Waals surface area contributed by atoms with Crippen LogP contribution in [0.25, 0.3) is 0 Å². The fraction of sp³-hybridized carbons (Fsp3) is 0.600. The summed E-state index contributed by atoms with van der Waals surface area (Å²) in [6, 6.07) is 8.12. The van der Waals surface area contributed by atoms with Crippen molar-refractivity contribution in [3.05, 3.63) is 29.8 Å². The van der Waals surface area contributed by atoms with Gasteiger partial charge in [-0.25, -0.2) is 0 Å². The van der Waals surface area contributed by atoms with Gasteiger partial charge in [-0.05, 0) is 37.8 Å². The quantitative estimate of drug-likeness (QED) is 0.861. The predicted octanol–water partition coefficient (Wildman–Crippen LogP) is 2.51. The number of para-hydroxylation sites is 1. The van der Waals surface area contributed by atoms with Gasteiger partial charge in [-0.15, -0.1) is 0 Å². The average Bonchev–Trinajstić information content (AvgIpc) is 2.38. The van der Waals surface area contributed by atoms with Crippen LogP contribution in [0.2, 0.25) is 0 Å². The Bertz CT molecular complexity index is 381. The molecule has 0 saturated carbocycles. The standard InChI is InChI=1S/C15H23NO2/c1-11-7-8-16-12(9-11)10-14(17)13-5-3-4-6-15(13)18-2/h3-6,11-12,14,16-17H,7-10H2,1-2H3. The highest BCUT2D eigenvalue weighted by atomic mass is 16.5. The zero-order valence-corrected chi connectivity index (χ0v) is 11.2. The van der Waals surface area contributed by atoms with E-state index in [2.05, 4.69) is 12.2 Å². The first kappa shape index (κ1) is 13.4. The summed E-state index contributed by atoms with van der Waals surface area (Å²) in [5.41, 5.74) is 0.889. The zero-order valence-electron chi connectivity index (χ0n) is 11.2. The van der Waals surface area contributed by atoms with E-state index in [9.17, 15) is 5.11 Å². The molecule has 1 heterocycles. The summed E-state index contributed by atoms with van der Waals surface area (Å²) < 4.78 is 5.30. The van der Waals surface area contributed by atoms with Crippen LogP contribution < -0.4 is 10.1 Å². The van der Waals surface area contributed by atoms with Gasteiger partial charge in [0.25, 0.3) is 0 Å². The summed E-state index contributed by atoms with van der Waals surface area (Å²) in [6.45, 7) is 3.34. The molecule has 3 atom stereocenters. The van der Waals surface area contributed by atoms with Gasteiger partial charge in [0.2, 0.25) is 0 Å². The van der Waals surface area contributed by atoms with Crippen molar-refractivity contribution in [2.24, 2.45) is 5.92 Å². The van der Waals surface area contributed by atoms with Crippen LogP contribution in [0.1, 0.15) is 37.9 Å². The number of aliphatic hydroxyl groups is 1. The van der Waals surface area contributed by atoms with Gasteiger partial charge < -0.3 is 15.2 Å². The van der Waals surface area contributed by atoms with E-state index in [1.807, 2.05) is 24.3 Å². The highest BCUT2D eigenvalue weighted by Gasteiger charge is 2.22. The maximum Gasteiger partial charge on any atom is 0.124 e. The van der Waals surface area contributed by atoms with E-state index < -0.39 is 6.10 Å². The molecule has 3 unspecified atom stereocenters. The van der Waals surface area contributed by atoms with Gasteiger partial charge in [0, 0.05) is 11.6 Å². The molecule has 3 heteroatoms. The van der Waals surface area contributed by atoms with E-state index in [1.165, 1.54) is 6.42 Å². The molecule has 0 aliphatic carbocycles. The van der Waals surface area contributed by atoms with E-state index in [-0.39, 0.29) is 0 Å². The van der Waals surface area contributed by atoms with Crippen molar-refractivity contribution in [1.82, 2.24) is 5.32 Å². The number of ether oxygens (including phenoxy) is 1. The molecule has 100 valence electrons. The average molecular weight is 249 g/mol. The molecule has 1 aromatic rings. The third kappa shape index (κ3) is 3.24. The van der Waals surface area contributed by atoms with Crippen molar-refractivity contribution in [2.75, 3.05) is 13.7 Å².